The molecule has 0 aliphatic carbocycles. The lowest BCUT2D eigenvalue weighted by Gasteiger charge is -2.16. The predicted octanol–water partition coefficient (Wildman–Crippen LogP) is -0.562. The molecule has 0 saturated carbocycles. The van der Waals surface area contributed by atoms with E-state index in [2.05, 4.69) is 0 Å². The lowest BCUT2D eigenvalue weighted by atomic mass is 10.3. The van der Waals surface area contributed by atoms with Gasteiger partial charge >= 0.3 is 0 Å². The number of likely N-dealkylation sites (N-methyl/N-ethyl adjacent to an activating group) is 1. The number of nitrogens with zero attached hydrogens (tertiary/aromatic N) is 1. The van der Waals surface area contributed by atoms with Crippen molar-refractivity contribution < 1.29 is 9.53 Å². The van der Waals surface area contributed by atoms with Crippen LogP contribution in [0.15, 0.2) is 0 Å². The van der Waals surface area contributed by atoms with Crippen molar-refractivity contribution in [1.29, 1.82) is 0 Å². The van der Waals surface area contributed by atoms with Crippen molar-refractivity contribution in [3.05, 3.63) is 0 Å². The van der Waals surface area contributed by atoms with Crippen LogP contribution in [0.2, 0.25) is 0 Å². The normalized spacial score (nSPS) is 12.7. The molecule has 0 aromatic rings. The van der Waals surface area contributed by atoms with E-state index in [0.717, 1.165) is 0 Å². The molecule has 0 radical (unpaired) electrons. The molecule has 11 heavy (non-hydrogen) atoms. The quantitative estimate of drug-likeness (QED) is 0.599. The van der Waals surface area contributed by atoms with Gasteiger partial charge in [0.05, 0.1) is 6.61 Å². The summed E-state index contributed by atoms with van der Waals surface area (Å²) < 4.78 is 5.10. The summed E-state index contributed by atoms with van der Waals surface area (Å²) in [5.74, 6) is -0.0292. The van der Waals surface area contributed by atoms with Crippen LogP contribution >= 0.6 is 0 Å². The number of amides is 1. The summed E-state index contributed by atoms with van der Waals surface area (Å²) in [4.78, 5) is 12.6. The van der Waals surface area contributed by atoms with E-state index in [4.69, 9.17) is 10.5 Å². The Labute approximate surface area is 67.3 Å². The first kappa shape index (κ1) is 10.4. The summed E-state index contributed by atoms with van der Waals surface area (Å²) in [5.41, 5.74) is 5.20. The highest BCUT2D eigenvalue weighted by molar-refractivity contribution is 5.79. The fraction of sp³-hybridized carbons (Fsp3) is 0.857. The van der Waals surface area contributed by atoms with Gasteiger partial charge in [-0.15, -0.1) is 0 Å². The molecule has 0 spiro atoms. The Kier molecular flexibility index (Phi) is 4.81. The van der Waals surface area contributed by atoms with Gasteiger partial charge < -0.3 is 15.4 Å². The number of carbonyl (C=O) groups excluding carboxylic acids is 1. The maximum atomic E-state index is 11.1. The summed E-state index contributed by atoms with van der Waals surface area (Å²) in [6.45, 7) is 2.60. The van der Waals surface area contributed by atoms with Gasteiger partial charge in [0.25, 0.3) is 5.91 Å². The first-order valence-corrected chi connectivity index (χ1v) is 3.62. The van der Waals surface area contributed by atoms with Crippen molar-refractivity contribution >= 4 is 5.91 Å². The minimum Gasteiger partial charge on any atom is -0.367 e. The fourth-order valence-electron chi connectivity index (χ4n) is 0.680. The third-order valence-corrected chi connectivity index (χ3v) is 1.27. The zero-order valence-electron chi connectivity index (χ0n) is 7.33. The largest absolute Gasteiger partial charge is 0.367 e. The molecule has 1 amide bonds. The van der Waals surface area contributed by atoms with Crippen molar-refractivity contribution in [3.63, 3.8) is 0 Å². The van der Waals surface area contributed by atoms with Crippen LogP contribution < -0.4 is 5.73 Å². The zero-order valence-corrected chi connectivity index (χ0v) is 7.33. The van der Waals surface area contributed by atoms with Crippen LogP contribution in [0, 0.1) is 0 Å². The molecule has 0 fully saturated rings. The molecule has 1 atom stereocenters. The molecule has 0 aliphatic heterocycles. The highest BCUT2D eigenvalue weighted by atomic mass is 16.5. The van der Waals surface area contributed by atoms with E-state index >= 15 is 0 Å². The maximum absolute atomic E-state index is 11.1. The van der Waals surface area contributed by atoms with Crippen LogP contribution in [0.1, 0.15) is 6.92 Å². The second-order valence-corrected chi connectivity index (χ2v) is 2.53. The molecule has 0 rings (SSSR count). The SMILES string of the molecule is CC(OCCN)C(=O)N(C)C. The van der Waals surface area contributed by atoms with E-state index in [0.29, 0.717) is 13.2 Å². The monoisotopic (exact) mass is 160 g/mol. The van der Waals surface area contributed by atoms with Gasteiger partial charge in [-0.1, -0.05) is 0 Å². The van der Waals surface area contributed by atoms with Gasteiger partial charge in [-0.2, -0.15) is 0 Å². The average Bonchev–Trinajstić information content (AvgIpc) is 1.98. The maximum Gasteiger partial charge on any atom is 0.250 e. The smallest absolute Gasteiger partial charge is 0.250 e. The average molecular weight is 160 g/mol. The third kappa shape index (κ3) is 3.95. The van der Waals surface area contributed by atoms with E-state index in [1.165, 1.54) is 4.90 Å². The molecule has 0 aromatic carbocycles. The third-order valence-electron chi connectivity index (χ3n) is 1.27. The van der Waals surface area contributed by atoms with Gasteiger partial charge in [-0.3, -0.25) is 4.79 Å². The molecule has 1 unspecified atom stereocenters. The van der Waals surface area contributed by atoms with Gasteiger partial charge in [-0.25, -0.2) is 0 Å². The number of hydrogen-bond donors (Lipinski definition) is 1. The van der Waals surface area contributed by atoms with Gasteiger partial charge in [0.15, 0.2) is 0 Å². The molecule has 0 saturated heterocycles. The molecular formula is C7H16N2O2. The Balaban J connectivity index is 3.64. The molecule has 0 aromatic heterocycles. The second-order valence-electron chi connectivity index (χ2n) is 2.53. The summed E-state index contributed by atoms with van der Waals surface area (Å²) in [6.07, 6.45) is -0.381. The highest BCUT2D eigenvalue weighted by Crippen LogP contribution is 1.93. The Morgan fingerprint density at radius 1 is 1.64 bits per heavy atom. The van der Waals surface area contributed by atoms with Crippen molar-refractivity contribution in [2.45, 2.75) is 13.0 Å². The molecule has 66 valence electrons. The van der Waals surface area contributed by atoms with Crippen LogP contribution in [0.4, 0.5) is 0 Å². The van der Waals surface area contributed by atoms with Crippen molar-refractivity contribution in [2.75, 3.05) is 27.2 Å². The van der Waals surface area contributed by atoms with Crippen LogP contribution in [0.25, 0.3) is 0 Å². The van der Waals surface area contributed by atoms with E-state index in [9.17, 15) is 4.79 Å². The summed E-state index contributed by atoms with van der Waals surface area (Å²) in [5, 5.41) is 0. The van der Waals surface area contributed by atoms with E-state index in [1.807, 2.05) is 0 Å². The molecular weight excluding hydrogens is 144 g/mol. The Morgan fingerprint density at radius 3 is 2.55 bits per heavy atom. The fourth-order valence-corrected chi connectivity index (χ4v) is 0.680. The molecule has 0 heterocycles. The van der Waals surface area contributed by atoms with Crippen LogP contribution in [-0.2, 0) is 9.53 Å². The first-order chi connectivity index (χ1) is 5.09. The molecule has 0 aliphatic rings. The van der Waals surface area contributed by atoms with E-state index < -0.39 is 0 Å². The highest BCUT2D eigenvalue weighted by Gasteiger charge is 2.13. The van der Waals surface area contributed by atoms with Gasteiger partial charge in [-0.05, 0) is 6.92 Å². The molecule has 2 N–H and O–H groups in total. The Morgan fingerprint density at radius 2 is 2.18 bits per heavy atom. The zero-order chi connectivity index (χ0) is 8.85. The number of carbonyl (C=O) groups is 1. The topological polar surface area (TPSA) is 55.6 Å². The number of hydrogen-bond acceptors (Lipinski definition) is 3. The van der Waals surface area contributed by atoms with Crippen molar-refractivity contribution in [1.82, 2.24) is 4.90 Å². The number of ether oxygens (including phenoxy) is 1. The molecule has 4 nitrogen and oxygen atoms in total. The lowest BCUT2D eigenvalue weighted by Crippen LogP contribution is -2.34. The first-order valence-electron chi connectivity index (χ1n) is 3.62. The number of nitrogens with two attached hydrogens (primary N) is 1. The molecule has 4 heteroatoms. The van der Waals surface area contributed by atoms with Crippen molar-refractivity contribution in [3.8, 4) is 0 Å². The summed E-state index contributed by atoms with van der Waals surface area (Å²) in [6, 6.07) is 0. The van der Waals surface area contributed by atoms with Gasteiger partial charge in [0, 0.05) is 20.6 Å². The van der Waals surface area contributed by atoms with E-state index in [-0.39, 0.29) is 12.0 Å². The Hall–Kier alpha value is -0.610. The van der Waals surface area contributed by atoms with E-state index in [1.54, 1.807) is 21.0 Å². The van der Waals surface area contributed by atoms with Crippen LogP contribution in [0.5, 0.6) is 0 Å². The van der Waals surface area contributed by atoms with Crippen LogP contribution in [0.3, 0.4) is 0 Å². The minimum absolute atomic E-state index is 0.0292. The minimum atomic E-state index is -0.381. The summed E-state index contributed by atoms with van der Waals surface area (Å²) in [7, 11) is 3.40. The second kappa shape index (κ2) is 5.09. The standard InChI is InChI=1S/C7H16N2O2/c1-6(11-5-4-8)7(10)9(2)3/h6H,4-5,8H2,1-3H3. The summed E-state index contributed by atoms with van der Waals surface area (Å²) >= 11 is 0. The van der Waals surface area contributed by atoms with Crippen molar-refractivity contribution in [2.24, 2.45) is 5.73 Å². The van der Waals surface area contributed by atoms with Gasteiger partial charge in [0.1, 0.15) is 6.10 Å². The molecule has 0 bridgehead atoms. The van der Waals surface area contributed by atoms with Gasteiger partial charge in [0.2, 0.25) is 0 Å². The van der Waals surface area contributed by atoms with Crippen LogP contribution in [-0.4, -0.2) is 44.2 Å². The lowest BCUT2D eigenvalue weighted by molar-refractivity contribution is -0.139. The Bertz CT molecular complexity index is 126. The predicted molar refractivity (Wildman–Crippen MR) is 43.2 cm³/mol. The number of rotatable bonds is 4.